The van der Waals surface area contributed by atoms with Crippen LogP contribution in [0.15, 0.2) is 42.5 Å². The highest BCUT2D eigenvalue weighted by atomic mass is 16.6. The molecule has 0 aliphatic heterocycles. The van der Waals surface area contributed by atoms with E-state index in [1.54, 1.807) is 51.1 Å². The Morgan fingerprint density at radius 1 is 0.736 bits per heavy atom. The molecule has 1 aromatic rings. The molecule has 17 nitrogen and oxygen atoms in total. The molecule has 0 aliphatic rings. The maximum Gasteiger partial charge on any atom is 0.407 e. The van der Waals surface area contributed by atoms with Gasteiger partial charge in [-0.15, -0.1) is 0 Å². The van der Waals surface area contributed by atoms with Gasteiger partial charge in [-0.3, -0.25) is 28.8 Å². The van der Waals surface area contributed by atoms with E-state index in [2.05, 4.69) is 43.8 Å². The third-order valence-electron chi connectivity index (χ3n) is 7.16. The first-order valence-corrected chi connectivity index (χ1v) is 17.4. The van der Waals surface area contributed by atoms with Crippen LogP contribution in [-0.4, -0.2) is 103 Å². The molecule has 1 rings (SSSR count). The summed E-state index contributed by atoms with van der Waals surface area (Å²) in [7, 11) is 0. The van der Waals surface area contributed by atoms with Crippen LogP contribution in [0.2, 0.25) is 0 Å². The standard InChI is InChI=1S/C36H55N7O10/c1-22(2)17-26(32(48)40-21-30(46)41-25(34(50)51)15-11-12-16-37-35(52)53-36(5,6)7)43-33(49)27(18-24-13-9-8-10-14-24)42-29(45)20-38-28(44)19-39-31(47)23(3)4/h8-10,13-14,22,25-27H,3,11-12,15-21H2,1-2,4-7H3,(H,37,52)(H,38,44)(H,39,47)(H,40,48)(H,41,46)(H,42,45)(H,43,49)(H,50,51). The number of alkyl carbamates (subject to hydrolysis) is 1. The van der Waals surface area contributed by atoms with E-state index < -0.39 is 84.3 Å². The lowest BCUT2D eigenvalue weighted by molar-refractivity contribution is -0.142. The predicted molar refractivity (Wildman–Crippen MR) is 195 cm³/mol. The average Bonchev–Trinajstić information content (AvgIpc) is 3.06. The van der Waals surface area contributed by atoms with E-state index >= 15 is 0 Å². The molecule has 53 heavy (non-hydrogen) atoms. The SMILES string of the molecule is C=C(C)C(=O)NCC(=O)NCC(=O)NC(Cc1ccccc1)C(=O)NC(CC(C)C)C(=O)NCC(=O)NC(CCCCNC(=O)OC(C)(C)C)C(=O)O. The lowest BCUT2D eigenvalue weighted by atomic mass is 10.0. The van der Waals surface area contributed by atoms with Gasteiger partial charge >= 0.3 is 12.1 Å². The van der Waals surface area contributed by atoms with Gasteiger partial charge in [0.2, 0.25) is 35.4 Å². The molecular formula is C36H55N7O10. The molecule has 3 unspecified atom stereocenters. The molecule has 17 heteroatoms. The van der Waals surface area contributed by atoms with Gasteiger partial charge in [-0.05, 0) is 64.9 Å². The van der Waals surface area contributed by atoms with Crippen molar-refractivity contribution in [3.05, 3.63) is 48.0 Å². The highest BCUT2D eigenvalue weighted by Crippen LogP contribution is 2.09. The number of carbonyl (C=O) groups excluding carboxylic acids is 7. The minimum absolute atomic E-state index is 0.0487. The van der Waals surface area contributed by atoms with Crippen LogP contribution in [0.4, 0.5) is 4.79 Å². The zero-order valence-electron chi connectivity index (χ0n) is 31.4. The first-order chi connectivity index (χ1) is 24.8. The van der Waals surface area contributed by atoms with Crippen molar-refractivity contribution in [3.8, 4) is 0 Å². The molecule has 0 fully saturated rings. The zero-order chi connectivity index (χ0) is 40.1. The van der Waals surface area contributed by atoms with E-state index in [0.29, 0.717) is 18.4 Å². The van der Waals surface area contributed by atoms with Gasteiger partial charge in [-0.2, -0.15) is 0 Å². The molecule has 8 N–H and O–H groups in total. The molecule has 294 valence electrons. The molecular weight excluding hydrogens is 690 g/mol. The van der Waals surface area contributed by atoms with Crippen LogP contribution < -0.4 is 37.2 Å². The summed E-state index contributed by atoms with van der Waals surface area (Å²) in [6.45, 7) is 12.6. The molecule has 0 saturated carbocycles. The molecule has 0 heterocycles. The number of unbranched alkanes of at least 4 members (excludes halogenated alkanes) is 1. The van der Waals surface area contributed by atoms with Crippen molar-refractivity contribution in [2.75, 3.05) is 26.2 Å². The second kappa shape index (κ2) is 23.2. The Labute approximate surface area is 310 Å². The number of rotatable bonds is 22. The summed E-state index contributed by atoms with van der Waals surface area (Å²) in [5.41, 5.74) is 0.254. The van der Waals surface area contributed by atoms with Gasteiger partial charge in [0.15, 0.2) is 0 Å². The van der Waals surface area contributed by atoms with Crippen molar-refractivity contribution >= 4 is 47.5 Å². The average molecular weight is 746 g/mol. The number of carboxylic acid groups (broad SMARTS) is 1. The van der Waals surface area contributed by atoms with Gasteiger partial charge in [0.1, 0.15) is 23.7 Å². The quantitative estimate of drug-likeness (QED) is 0.0601. The number of carbonyl (C=O) groups is 8. The maximum atomic E-state index is 13.5. The highest BCUT2D eigenvalue weighted by Gasteiger charge is 2.28. The highest BCUT2D eigenvalue weighted by molar-refractivity contribution is 5.96. The van der Waals surface area contributed by atoms with Crippen molar-refractivity contribution in [2.24, 2.45) is 5.92 Å². The molecule has 0 aromatic heterocycles. The van der Waals surface area contributed by atoms with Gasteiger partial charge in [-0.1, -0.05) is 50.8 Å². The minimum Gasteiger partial charge on any atom is -0.480 e. The van der Waals surface area contributed by atoms with Crippen LogP contribution in [0.5, 0.6) is 0 Å². The fourth-order valence-electron chi connectivity index (χ4n) is 4.60. The molecule has 0 bridgehead atoms. The largest absolute Gasteiger partial charge is 0.480 e. The van der Waals surface area contributed by atoms with Crippen molar-refractivity contribution in [3.63, 3.8) is 0 Å². The summed E-state index contributed by atoms with van der Waals surface area (Å²) in [6, 6.07) is 5.27. The monoisotopic (exact) mass is 745 g/mol. The van der Waals surface area contributed by atoms with Crippen molar-refractivity contribution in [1.29, 1.82) is 0 Å². The number of aliphatic carboxylic acids is 1. The lowest BCUT2D eigenvalue weighted by Gasteiger charge is -2.24. The maximum absolute atomic E-state index is 13.5. The van der Waals surface area contributed by atoms with E-state index in [1.165, 1.54) is 6.92 Å². The minimum atomic E-state index is -1.27. The Morgan fingerprint density at radius 3 is 1.89 bits per heavy atom. The summed E-state index contributed by atoms with van der Waals surface area (Å²) in [6.07, 6.45) is 0.495. The third-order valence-corrected chi connectivity index (χ3v) is 7.16. The van der Waals surface area contributed by atoms with E-state index in [4.69, 9.17) is 4.74 Å². The lowest BCUT2D eigenvalue weighted by Crippen LogP contribution is -2.56. The first kappa shape index (κ1) is 45.5. The molecule has 7 amide bonds. The summed E-state index contributed by atoms with van der Waals surface area (Å²) in [4.78, 5) is 99.4. The van der Waals surface area contributed by atoms with E-state index in [-0.39, 0.29) is 43.8 Å². The normalized spacial score (nSPS) is 12.6. The smallest absolute Gasteiger partial charge is 0.407 e. The Balaban J connectivity index is 2.82. The Hall–Kier alpha value is -5.48. The Morgan fingerprint density at radius 2 is 1.32 bits per heavy atom. The van der Waals surface area contributed by atoms with Gasteiger partial charge in [-0.25, -0.2) is 9.59 Å². The van der Waals surface area contributed by atoms with Gasteiger partial charge in [0.25, 0.3) is 0 Å². The third kappa shape index (κ3) is 20.8. The van der Waals surface area contributed by atoms with E-state index in [1.807, 2.05) is 13.8 Å². The molecule has 3 atom stereocenters. The van der Waals surface area contributed by atoms with Crippen LogP contribution in [-0.2, 0) is 44.7 Å². The topological polar surface area (TPSA) is 250 Å². The molecule has 0 spiro atoms. The fourth-order valence-corrected chi connectivity index (χ4v) is 4.60. The number of benzene rings is 1. The van der Waals surface area contributed by atoms with Crippen LogP contribution in [0.25, 0.3) is 0 Å². The number of hydrogen-bond donors (Lipinski definition) is 8. The molecule has 0 aliphatic carbocycles. The summed E-state index contributed by atoms with van der Waals surface area (Å²) in [5.74, 6) is -5.36. The second-order valence-electron chi connectivity index (χ2n) is 13.8. The van der Waals surface area contributed by atoms with Crippen molar-refractivity contribution in [2.45, 2.75) is 97.4 Å². The number of hydrogen-bond acceptors (Lipinski definition) is 9. The van der Waals surface area contributed by atoms with Gasteiger partial charge < -0.3 is 47.1 Å². The Kier molecular flexibility index (Phi) is 19.9. The molecule has 0 radical (unpaired) electrons. The fraction of sp³-hybridized carbons (Fsp3) is 0.556. The summed E-state index contributed by atoms with van der Waals surface area (Å²) < 4.78 is 5.15. The van der Waals surface area contributed by atoms with Gasteiger partial charge in [0.05, 0.1) is 19.6 Å². The zero-order valence-corrected chi connectivity index (χ0v) is 31.4. The van der Waals surface area contributed by atoms with Crippen LogP contribution in [0, 0.1) is 5.92 Å². The number of amides is 7. The molecule has 0 saturated heterocycles. The summed E-state index contributed by atoms with van der Waals surface area (Å²) >= 11 is 0. The number of carboxylic acids is 1. The van der Waals surface area contributed by atoms with Crippen molar-refractivity contribution in [1.82, 2.24) is 37.2 Å². The van der Waals surface area contributed by atoms with Crippen LogP contribution in [0.3, 0.4) is 0 Å². The number of ether oxygens (including phenoxy) is 1. The molecule has 1 aromatic carbocycles. The van der Waals surface area contributed by atoms with E-state index in [0.717, 1.165) is 0 Å². The summed E-state index contributed by atoms with van der Waals surface area (Å²) in [5, 5.41) is 26.9. The number of nitrogens with one attached hydrogen (secondary N) is 7. The van der Waals surface area contributed by atoms with Crippen molar-refractivity contribution < 1.29 is 48.2 Å². The van der Waals surface area contributed by atoms with Crippen LogP contribution >= 0.6 is 0 Å². The predicted octanol–water partition coefficient (Wildman–Crippen LogP) is 0.434. The second-order valence-corrected chi connectivity index (χ2v) is 13.8. The van der Waals surface area contributed by atoms with Gasteiger partial charge in [0, 0.05) is 18.5 Å². The van der Waals surface area contributed by atoms with E-state index in [9.17, 15) is 43.5 Å². The van der Waals surface area contributed by atoms with Crippen LogP contribution in [0.1, 0.15) is 72.8 Å². The Bertz CT molecular complexity index is 1440. The first-order valence-electron chi connectivity index (χ1n) is 17.4.